The van der Waals surface area contributed by atoms with Crippen molar-refractivity contribution in [2.45, 2.75) is 25.7 Å². The van der Waals surface area contributed by atoms with Crippen LogP contribution >= 0.6 is 23.9 Å². The Morgan fingerprint density at radius 3 is 1.59 bits per heavy atom. The van der Waals surface area contributed by atoms with Gasteiger partial charge in [-0.25, -0.2) is 8.61 Å². The third-order valence-electron chi connectivity index (χ3n) is 3.89. The van der Waals surface area contributed by atoms with Crippen LogP contribution in [0.1, 0.15) is 46.4 Å². The summed E-state index contributed by atoms with van der Waals surface area (Å²) in [6.45, 7) is 3.89. The molecular weight excluding hydrogens is 316 g/mol. The van der Waals surface area contributed by atoms with E-state index in [1.807, 2.05) is 0 Å². The van der Waals surface area contributed by atoms with E-state index in [0.717, 1.165) is 51.9 Å². The van der Waals surface area contributed by atoms with E-state index in [4.69, 9.17) is 0 Å². The van der Waals surface area contributed by atoms with Crippen LogP contribution in [0.25, 0.3) is 0 Å². The molecule has 0 spiro atoms. The lowest BCUT2D eigenvalue weighted by Crippen LogP contribution is -2.14. The molecule has 2 aliphatic rings. The van der Waals surface area contributed by atoms with Gasteiger partial charge in [0.2, 0.25) is 10.2 Å². The van der Waals surface area contributed by atoms with Crippen molar-refractivity contribution in [3.63, 3.8) is 0 Å². The summed E-state index contributed by atoms with van der Waals surface area (Å²) >= 11 is 2.56. The smallest absolute Gasteiger partial charge is 0.234 e. The molecule has 118 valence electrons. The van der Waals surface area contributed by atoms with Crippen LogP contribution in [0.3, 0.4) is 0 Å². The third kappa shape index (κ3) is 4.13. The molecule has 22 heavy (non-hydrogen) atoms. The fraction of sp³-hybridized carbons (Fsp3) is 0.500. The standard InChI is InChI=1S/C16H20N2O2S2/c19-15(21-17-8-1-2-9-17)13-6-5-7-14(12-13)16(20)22-18-10-3-4-11-18/h5-7,12H,1-4,8-11H2. The Labute approximate surface area is 139 Å². The summed E-state index contributed by atoms with van der Waals surface area (Å²) in [5.74, 6) is 0. The van der Waals surface area contributed by atoms with E-state index >= 15 is 0 Å². The van der Waals surface area contributed by atoms with Gasteiger partial charge in [0, 0.05) is 61.2 Å². The molecule has 0 bridgehead atoms. The molecule has 0 unspecified atom stereocenters. The molecule has 2 aliphatic heterocycles. The number of hydrogen-bond donors (Lipinski definition) is 0. The van der Waals surface area contributed by atoms with Crippen molar-refractivity contribution in [3.05, 3.63) is 35.4 Å². The van der Waals surface area contributed by atoms with Crippen molar-refractivity contribution in [1.29, 1.82) is 0 Å². The molecule has 4 nitrogen and oxygen atoms in total. The molecule has 0 aromatic heterocycles. The van der Waals surface area contributed by atoms with Crippen molar-refractivity contribution in [2.24, 2.45) is 0 Å². The van der Waals surface area contributed by atoms with Crippen LogP contribution in [0.5, 0.6) is 0 Å². The number of carbonyl (C=O) groups excluding carboxylic acids is 2. The van der Waals surface area contributed by atoms with Gasteiger partial charge in [0.25, 0.3) is 0 Å². The molecule has 0 aliphatic carbocycles. The maximum absolute atomic E-state index is 12.3. The average Bonchev–Trinajstić information content (AvgIpc) is 3.21. The second-order valence-corrected chi connectivity index (χ2v) is 7.75. The van der Waals surface area contributed by atoms with Crippen molar-refractivity contribution in [1.82, 2.24) is 8.61 Å². The second kappa shape index (κ2) is 7.64. The average molecular weight is 336 g/mol. The van der Waals surface area contributed by atoms with Gasteiger partial charge in [0.15, 0.2) is 0 Å². The van der Waals surface area contributed by atoms with Gasteiger partial charge >= 0.3 is 0 Å². The van der Waals surface area contributed by atoms with Gasteiger partial charge in [0.1, 0.15) is 0 Å². The Bertz CT molecular complexity index is 508. The number of rotatable bonds is 4. The molecular formula is C16H20N2O2S2. The molecule has 1 aromatic carbocycles. The molecule has 2 saturated heterocycles. The summed E-state index contributed by atoms with van der Waals surface area (Å²) in [6.07, 6.45) is 4.63. The highest BCUT2D eigenvalue weighted by Gasteiger charge is 2.20. The van der Waals surface area contributed by atoms with Crippen LogP contribution in [0.4, 0.5) is 0 Å². The predicted octanol–water partition coefficient (Wildman–Crippen LogP) is 3.46. The van der Waals surface area contributed by atoms with E-state index in [2.05, 4.69) is 8.61 Å². The zero-order valence-electron chi connectivity index (χ0n) is 12.5. The van der Waals surface area contributed by atoms with Crippen molar-refractivity contribution >= 4 is 34.1 Å². The largest absolute Gasteiger partial charge is 0.280 e. The maximum atomic E-state index is 12.3. The van der Waals surface area contributed by atoms with Gasteiger partial charge in [0.05, 0.1) is 0 Å². The van der Waals surface area contributed by atoms with E-state index in [1.165, 1.54) is 23.9 Å². The van der Waals surface area contributed by atoms with Gasteiger partial charge in [-0.1, -0.05) is 18.2 Å². The van der Waals surface area contributed by atoms with E-state index in [0.29, 0.717) is 11.1 Å². The normalized spacial score (nSPS) is 19.6. The summed E-state index contributed by atoms with van der Waals surface area (Å²) in [5, 5.41) is 0.0606. The van der Waals surface area contributed by atoms with Crippen molar-refractivity contribution in [3.8, 4) is 0 Å². The van der Waals surface area contributed by atoms with Crippen LogP contribution in [-0.4, -0.2) is 45.0 Å². The number of hydrogen-bond acceptors (Lipinski definition) is 6. The highest BCUT2D eigenvalue weighted by molar-refractivity contribution is 8.12. The van der Waals surface area contributed by atoms with Gasteiger partial charge in [-0.3, -0.25) is 9.59 Å². The maximum Gasteiger partial charge on any atom is 0.234 e. The zero-order valence-corrected chi connectivity index (χ0v) is 14.1. The second-order valence-electron chi connectivity index (χ2n) is 5.61. The van der Waals surface area contributed by atoms with E-state index in [-0.39, 0.29) is 10.2 Å². The summed E-state index contributed by atoms with van der Waals surface area (Å²) in [5.41, 5.74) is 1.23. The molecule has 0 radical (unpaired) electrons. The fourth-order valence-electron chi connectivity index (χ4n) is 2.67. The van der Waals surface area contributed by atoms with Crippen LogP contribution in [0.15, 0.2) is 24.3 Å². The lowest BCUT2D eigenvalue weighted by molar-refractivity contribution is 0.108. The lowest BCUT2D eigenvalue weighted by atomic mass is 10.1. The highest BCUT2D eigenvalue weighted by atomic mass is 32.2. The van der Waals surface area contributed by atoms with Crippen LogP contribution in [0, 0.1) is 0 Å². The van der Waals surface area contributed by atoms with Gasteiger partial charge in [-0.2, -0.15) is 0 Å². The third-order valence-corrected chi connectivity index (χ3v) is 5.94. The Kier molecular flexibility index (Phi) is 5.57. The first-order valence-corrected chi connectivity index (χ1v) is 9.31. The Balaban J connectivity index is 1.63. The summed E-state index contributed by atoms with van der Waals surface area (Å²) < 4.78 is 4.21. The molecule has 2 heterocycles. The molecule has 6 heteroatoms. The van der Waals surface area contributed by atoms with Crippen molar-refractivity contribution in [2.75, 3.05) is 26.2 Å². The van der Waals surface area contributed by atoms with Crippen LogP contribution < -0.4 is 0 Å². The fourth-order valence-corrected chi connectivity index (χ4v) is 4.49. The number of nitrogens with zero attached hydrogens (tertiary/aromatic N) is 2. The molecule has 0 amide bonds. The minimum absolute atomic E-state index is 0.0303. The Morgan fingerprint density at radius 2 is 1.18 bits per heavy atom. The number of benzene rings is 1. The van der Waals surface area contributed by atoms with Gasteiger partial charge in [-0.05, 0) is 31.7 Å². The van der Waals surface area contributed by atoms with Crippen LogP contribution in [0.2, 0.25) is 0 Å². The molecule has 1 aromatic rings. The first-order valence-electron chi connectivity index (χ1n) is 7.77. The van der Waals surface area contributed by atoms with Gasteiger partial charge in [-0.15, -0.1) is 0 Å². The molecule has 2 fully saturated rings. The monoisotopic (exact) mass is 336 g/mol. The van der Waals surface area contributed by atoms with E-state index in [1.54, 1.807) is 24.3 Å². The van der Waals surface area contributed by atoms with E-state index < -0.39 is 0 Å². The van der Waals surface area contributed by atoms with Crippen molar-refractivity contribution < 1.29 is 9.59 Å². The summed E-state index contributed by atoms with van der Waals surface area (Å²) in [6, 6.07) is 7.12. The Hall–Kier alpha value is -0.820. The minimum atomic E-state index is 0.0303. The summed E-state index contributed by atoms with van der Waals surface area (Å²) in [7, 11) is 0. The quantitative estimate of drug-likeness (QED) is 0.784. The topological polar surface area (TPSA) is 40.6 Å². The first-order chi connectivity index (χ1) is 10.7. The zero-order chi connectivity index (χ0) is 15.4. The number of carbonyl (C=O) groups is 2. The van der Waals surface area contributed by atoms with E-state index in [9.17, 15) is 9.59 Å². The van der Waals surface area contributed by atoms with Crippen LogP contribution in [-0.2, 0) is 0 Å². The SMILES string of the molecule is O=C(SN1CCCC1)c1cccc(C(=O)SN2CCCC2)c1. The first kappa shape index (κ1) is 16.1. The highest BCUT2D eigenvalue weighted by Crippen LogP contribution is 2.25. The summed E-state index contributed by atoms with van der Waals surface area (Å²) in [4.78, 5) is 24.6. The molecule has 3 rings (SSSR count). The predicted molar refractivity (Wildman–Crippen MR) is 91.9 cm³/mol. The lowest BCUT2D eigenvalue weighted by Gasteiger charge is -2.13. The molecule has 0 atom stereocenters. The molecule has 0 saturated carbocycles. The Morgan fingerprint density at radius 1 is 0.773 bits per heavy atom. The van der Waals surface area contributed by atoms with Gasteiger partial charge < -0.3 is 0 Å². The minimum Gasteiger partial charge on any atom is -0.280 e. The molecule has 0 N–H and O–H groups in total.